The van der Waals surface area contributed by atoms with Gasteiger partial charge in [0.05, 0.1) is 6.54 Å². The van der Waals surface area contributed by atoms with Crippen LogP contribution in [-0.2, 0) is 17.9 Å². The first kappa shape index (κ1) is 22.6. The van der Waals surface area contributed by atoms with E-state index in [0.29, 0.717) is 36.3 Å². The number of carbonyl (C=O) groups is 2. The molecule has 2 aromatic rings. The van der Waals surface area contributed by atoms with Gasteiger partial charge in [0.2, 0.25) is 0 Å². The van der Waals surface area contributed by atoms with Gasteiger partial charge in [-0.2, -0.15) is 0 Å². The van der Waals surface area contributed by atoms with E-state index < -0.39 is 5.54 Å². The molecule has 6 N–H and O–H groups in total. The molecule has 1 aliphatic heterocycles. The Labute approximate surface area is 194 Å². The molecular formula is C25H32N6O2. The standard InChI is InChI=1S/C25H32N6O2/c1-25(14-17-5-2-3-6-17)22(32)31(23(27)30-25)16-19-11-9-18(10-12-19)15-28-24(33)29-21-8-4-7-20(26)13-21/h4,7-13,17H,2-3,5-6,14-16,26H2,1H3,(H2,27,30)(H2,28,29,33)/t25-/m1/s1. The molecule has 33 heavy (non-hydrogen) atoms. The maximum Gasteiger partial charge on any atom is 0.319 e. The Hall–Kier alpha value is -3.55. The van der Waals surface area contributed by atoms with Gasteiger partial charge in [-0.15, -0.1) is 0 Å². The Morgan fingerprint density at radius 2 is 1.82 bits per heavy atom. The van der Waals surface area contributed by atoms with Crippen LogP contribution in [0.5, 0.6) is 0 Å². The summed E-state index contributed by atoms with van der Waals surface area (Å²) in [6, 6.07) is 14.5. The smallest absolute Gasteiger partial charge is 0.319 e. The molecule has 0 bridgehead atoms. The third-order valence-corrected chi connectivity index (χ3v) is 6.47. The van der Waals surface area contributed by atoms with Gasteiger partial charge in [-0.1, -0.05) is 56.0 Å². The second-order valence-corrected chi connectivity index (χ2v) is 9.24. The zero-order valence-corrected chi connectivity index (χ0v) is 19.0. The van der Waals surface area contributed by atoms with E-state index in [0.717, 1.165) is 17.5 Å². The largest absolute Gasteiger partial charge is 0.399 e. The molecule has 0 radical (unpaired) electrons. The highest BCUT2D eigenvalue weighted by molar-refractivity contribution is 6.06. The monoisotopic (exact) mass is 448 g/mol. The molecule has 1 atom stereocenters. The van der Waals surface area contributed by atoms with E-state index in [1.165, 1.54) is 25.7 Å². The van der Waals surface area contributed by atoms with Crippen molar-refractivity contribution in [3.8, 4) is 0 Å². The number of anilines is 2. The average molecular weight is 449 g/mol. The van der Waals surface area contributed by atoms with Crippen molar-refractivity contribution in [3.05, 3.63) is 59.7 Å². The van der Waals surface area contributed by atoms with Gasteiger partial charge in [0.25, 0.3) is 5.91 Å². The van der Waals surface area contributed by atoms with Gasteiger partial charge < -0.3 is 22.1 Å². The van der Waals surface area contributed by atoms with Crippen LogP contribution in [-0.4, -0.2) is 28.3 Å². The minimum absolute atomic E-state index is 0.0177. The van der Waals surface area contributed by atoms with Crippen LogP contribution < -0.4 is 22.1 Å². The van der Waals surface area contributed by atoms with E-state index >= 15 is 0 Å². The van der Waals surface area contributed by atoms with E-state index in [-0.39, 0.29) is 11.9 Å². The van der Waals surface area contributed by atoms with E-state index in [4.69, 9.17) is 11.5 Å². The summed E-state index contributed by atoms with van der Waals surface area (Å²) < 4.78 is 0. The van der Waals surface area contributed by atoms with Crippen LogP contribution in [0.2, 0.25) is 0 Å². The number of benzene rings is 2. The van der Waals surface area contributed by atoms with Crippen LogP contribution in [0.15, 0.2) is 53.5 Å². The summed E-state index contributed by atoms with van der Waals surface area (Å²) in [5.41, 5.74) is 14.2. The summed E-state index contributed by atoms with van der Waals surface area (Å²) in [5.74, 6) is 0.832. The second-order valence-electron chi connectivity index (χ2n) is 9.24. The van der Waals surface area contributed by atoms with Crippen molar-refractivity contribution in [2.24, 2.45) is 16.6 Å². The van der Waals surface area contributed by atoms with Crippen LogP contribution in [0.3, 0.4) is 0 Å². The number of rotatable bonds is 7. The maximum atomic E-state index is 13.1. The van der Waals surface area contributed by atoms with Crippen LogP contribution >= 0.6 is 0 Å². The minimum Gasteiger partial charge on any atom is -0.399 e. The summed E-state index contributed by atoms with van der Waals surface area (Å²) in [7, 11) is 0. The van der Waals surface area contributed by atoms with E-state index in [9.17, 15) is 9.59 Å². The third kappa shape index (κ3) is 5.45. The molecule has 0 aromatic heterocycles. The second kappa shape index (κ2) is 9.52. The number of nitrogens with zero attached hydrogens (tertiary/aromatic N) is 2. The fourth-order valence-electron chi connectivity index (χ4n) is 4.74. The molecule has 0 spiro atoms. The lowest BCUT2D eigenvalue weighted by Gasteiger charge is -2.24. The summed E-state index contributed by atoms with van der Waals surface area (Å²) in [6.45, 7) is 2.67. The highest BCUT2D eigenvalue weighted by Crippen LogP contribution is 2.36. The highest BCUT2D eigenvalue weighted by Gasteiger charge is 2.45. The van der Waals surface area contributed by atoms with Crippen molar-refractivity contribution in [1.29, 1.82) is 0 Å². The number of nitrogens with two attached hydrogens (primary N) is 2. The van der Waals surface area contributed by atoms with Crippen molar-refractivity contribution in [2.45, 2.75) is 57.7 Å². The van der Waals surface area contributed by atoms with Crippen molar-refractivity contribution in [2.75, 3.05) is 11.1 Å². The van der Waals surface area contributed by atoms with Gasteiger partial charge in [0, 0.05) is 17.9 Å². The molecule has 2 aromatic carbocycles. The van der Waals surface area contributed by atoms with Gasteiger partial charge in [0.1, 0.15) is 5.54 Å². The number of amides is 3. The summed E-state index contributed by atoms with van der Waals surface area (Å²) in [6.07, 6.45) is 5.59. The quantitative estimate of drug-likeness (QED) is 0.483. The Balaban J connectivity index is 1.30. The summed E-state index contributed by atoms with van der Waals surface area (Å²) in [5, 5.41) is 5.58. The fourth-order valence-corrected chi connectivity index (χ4v) is 4.74. The molecule has 3 amide bonds. The molecule has 174 valence electrons. The molecule has 1 saturated carbocycles. The molecule has 1 aliphatic carbocycles. The van der Waals surface area contributed by atoms with Crippen molar-refractivity contribution in [1.82, 2.24) is 10.2 Å². The maximum absolute atomic E-state index is 13.1. The average Bonchev–Trinajstić information content (AvgIpc) is 3.35. The molecular weight excluding hydrogens is 416 g/mol. The lowest BCUT2D eigenvalue weighted by Crippen LogP contribution is -2.43. The highest BCUT2D eigenvalue weighted by atomic mass is 16.2. The number of aliphatic imine (C=N–C) groups is 1. The van der Waals surface area contributed by atoms with Crippen molar-refractivity contribution in [3.63, 3.8) is 0 Å². The predicted molar refractivity (Wildman–Crippen MR) is 130 cm³/mol. The SMILES string of the molecule is C[C@]1(CC2CCCC2)N=C(N)N(Cc2ccc(CNC(=O)Nc3cccc(N)c3)cc2)C1=O. The summed E-state index contributed by atoms with van der Waals surface area (Å²) in [4.78, 5) is 31.4. The van der Waals surface area contributed by atoms with Crippen LogP contribution in [0.4, 0.5) is 16.2 Å². The number of hydrogen-bond donors (Lipinski definition) is 4. The van der Waals surface area contributed by atoms with Gasteiger partial charge in [-0.25, -0.2) is 9.79 Å². The van der Waals surface area contributed by atoms with Gasteiger partial charge in [0.15, 0.2) is 5.96 Å². The number of urea groups is 1. The normalized spacial score (nSPS) is 20.7. The van der Waals surface area contributed by atoms with Crippen molar-refractivity contribution >= 4 is 29.3 Å². The number of nitrogens with one attached hydrogen (secondary N) is 2. The van der Waals surface area contributed by atoms with Crippen molar-refractivity contribution < 1.29 is 9.59 Å². The predicted octanol–water partition coefficient (Wildman–Crippen LogP) is 3.59. The first-order valence-electron chi connectivity index (χ1n) is 11.5. The van der Waals surface area contributed by atoms with Crippen LogP contribution in [0.1, 0.15) is 50.2 Å². The van der Waals surface area contributed by atoms with Gasteiger partial charge in [-0.3, -0.25) is 9.69 Å². The minimum atomic E-state index is -0.750. The fraction of sp³-hybridized carbons (Fsp3) is 0.400. The van der Waals surface area contributed by atoms with Crippen LogP contribution in [0, 0.1) is 5.92 Å². The van der Waals surface area contributed by atoms with Gasteiger partial charge in [-0.05, 0) is 48.6 Å². The Morgan fingerprint density at radius 3 is 2.52 bits per heavy atom. The van der Waals surface area contributed by atoms with E-state index in [1.54, 1.807) is 29.2 Å². The third-order valence-electron chi connectivity index (χ3n) is 6.47. The number of nitrogen functional groups attached to an aromatic ring is 1. The van der Waals surface area contributed by atoms with E-state index in [1.807, 2.05) is 31.2 Å². The van der Waals surface area contributed by atoms with Gasteiger partial charge >= 0.3 is 6.03 Å². The zero-order valence-electron chi connectivity index (χ0n) is 19.0. The Bertz CT molecular complexity index is 1050. The molecule has 2 aliphatic rings. The number of carbonyl (C=O) groups excluding carboxylic acids is 2. The lowest BCUT2D eigenvalue weighted by atomic mass is 9.88. The number of guanidine groups is 1. The molecule has 4 rings (SSSR count). The topological polar surface area (TPSA) is 126 Å². The molecule has 8 heteroatoms. The summed E-state index contributed by atoms with van der Waals surface area (Å²) >= 11 is 0. The molecule has 1 heterocycles. The first-order chi connectivity index (χ1) is 15.8. The first-order valence-corrected chi connectivity index (χ1v) is 11.5. The Morgan fingerprint density at radius 1 is 1.12 bits per heavy atom. The molecule has 0 saturated heterocycles. The zero-order chi connectivity index (χ0) is 23.4. The molecule has 8 nitrogen and oxygen atoms in total. The molecule has 0 unspecified atom stereocenters. The number of hydrogen-bond acceptors (Lipinski definition) is 5. The van der Waals surface area contributed by atoms with E-state index in [2.05, 4.69) is 15.6 Å². The van der Waals surface area contributed by atoms with Crippen LogP contribution in [0.25, 0.3) is 0 Å². The lowest BCUT2D eigenvalue weighted by molar-refractivity contribution is -0.131. The molecule has 1 fully saturated rings. The Kier molecular flexibility index (Phi) is 6.53.